The smallest absolute Gasteiger partial charge is 0.165 e. The molecule has 0 aliphatic heterocycles. The Kier molecular flexibility index (Phi) is 4.32. The van der Waals surface area contributed by atoms with Crippen molar-refractivity contribution in [3.63, 3.8) is 0 Å². The molecule has 2 aromatic heterocycles. The Morgan fingerprint density at radius 1 is 1.12 bits per heavy atom. The van der Waals surface area contributed by atoms with Gasteiger partial charge in [-0.1, -0.05) is 47.1 Å². The number of anilines is 1. The molecule has 0 unspecified atom stereocenters. The molecule has 2 heterocycles. The number of hydrogen-bond acceptors (Lipinski definition) is 6. The van der Waals surface area contributed by atoms with Gasteiger partial charge in [0.2, 0.25) is 0 Å². The Morgan fingerprint density at radius 2 is 1.88 bits per heavy atom. The molecule has 0 radical (unpaired) electrons. The van der Waals surface area contributed by atoms with Gasteiger partial charge in [-0.2, -0.15) is 4.68 Å². The summed E-state index contributed by atoms with van der Waals surface area (Å²) in [5.41, 5.74) is 9.18. The summed E-state index contributed by atoms with van der Waals surface area (Å²) in [5, 5.41) is 11.6. The first kappa shape index (κ1) is 16.6. The molecule has 2 N–H and O–H groups in total. The van der Waals surface area contributed by atoms with Crippen LogP contribution in [0.3, 0.4) is 0 Å². The molecule has 2 aromatic carbocycles. The van der Waals surface area contributed by atoms with Gasteiger partial charge in [0.15, 0.2) is 11.5 Å². The normalized spacial score (nSPS) is 10.8. The van der Waals surface area contributed by atoms with Crippen LogP contribution in [0.5, 0.6) is 5.75 Å². The third-order valence-electron chi connectivity index (χ3n) is 3.87. The number of benzene rings is 2. The number of nitrogens with zero attached hydrogens (tertiary/aromatic N) is 4. The van der Waals surface area contributed by atoms with Crippen LogP contribution in [0, 0.1) is 0 Å². The number of thiazole rings is 1. The molecule has 26 heavy (non-hydrogen) atoms. The van der Waals surface area contributed by atoms with Crippen molar-refractivity contribution in [2.75, 3.05) is 12.8 Å². The summed E-state index contributed by atoms with van der Waals surface area (Å²) in [6, 6.07) is 15.0. The van der Waals surface area contributed by atoms with Crippen LogP contribution in [-0.2, 0) is 0 Å². The van der Waals surface area contributed by atoms with Crippen LogP contribution < -0.4 is 10.5 Å². The first-order valence-corrected chi connectivity index (χ1v) is 9.00. The molecule has 8 heteroatoms. The minimum atomic E-state index is 0.398. The lowest BCUT2D eigenvalue weighted by atomic mass is 10.2. The first-order chi connectivity index (χ1) is 12.7. The van der Waals surface area contributed by atoms with Gasteiger partial charge in [-0.3, -0.25) is 0 Å². The summed E-state index contributed by atoms with van der Waals surface area (Å²) in [4.78, 5) is 4.63. The molecule has 130 valence electrons. The lowest BCUT2D eigenvalue weighted by molar-refractivity contribution is 0.411. The summed E-state index contributed by atoms with van der Waals surface area (Å²) in [5.74, 6) is 1.06. The van der Waals surface area contributed by atoms with Crippen molar-refractivity contribution in [3.05, 3.63) is 58.9 Å². The molecule has 6 nitrogen and oxygen atoms in total. The Morgan fingerprint density at radius 3 is 2.69 bits per heavy atom. The molecule has 0 atom stereocenters. The molecule has 0 aliphatic carbocycles. The van der Waals surface area contributed by atoms with Gasteiger partial charge < -0.3 is 10.5 Å². The van der Waals surface area contributed by atoms with E-state index in [9.17, 15) is 0 Å². The zero-order valence-corrected chi connectivity index (χ0v) is 15.3. The topological polar surface area (TPSA) is 78.8 Å². The van der Waals surface area contributed by atoms with Crippen molar-refractivity contribution in [1.29, 1.82) is 0 Å². The first-order valence-electron chi connectivity index (χ1n) is 7.74. The van der Waals surface area contributed by atoms with Crippen molar-refractivity contribution in [2.45, 2.75) is 0 Å². The predicted octanol–water partition coefficient (Wildman–Crippen LogP) is 4.30. The molecule has 0 saturated carbocycles. The summed E-state index contributed by atoms with van der Waals surface area (Å²) >= 11 is 7.70. The van der Waals surface area contributed by atoms with Crippen molar-refractivity contribution in [3.8, 4) is 33.4 Å². The van der Waals surface area contributed by atoms with Crippen LogP contribution in [0.1, 0.15) is 0 Å². The second-order valence-corrected chi connectivity index (χ2v) is 6.69. The number of methoxy groups -OCH3 is 1. The van der Waals surface area contributed by atoms with Gasteiger partial charge >= 0.3 is 0 Å². The number of aromatic nitrogens is 4. The fourth-order valence-electron chi connectivity index (χ4n) is 2.60. The van der Waals surface area contributed by atoms with Gasteiger partial charge in [0.25, 0.3) is 0 Å². The van der Waals surface area contributed by atoms with E-state index in [1.165, 1.54) is 11.3 Å². The zero-order chi connectivity index (χ0) is 18.1. The number of halogens is 1. The summed E-state index contributed by atoms with van der Waals surface area (Å²) in [6.45, 7) is 0. The Balaban J connectivity index is 1.75. The van der Waals surface area contributed by atoms with Gasteiger partial charge in [0, 0.05) is 16.0 Å². The van der Waals surface area contributed by atoms with E-state index in [4.69, 9.17) is 22.1 Å². The predicted molar refractivity (Wildman–Crippen MR) is 104 cm³/mol. The van der Waals surface area contributed by atoms with Gasteiger partial charge in [-0.15, -0.1) is 16.4 Å². The largest absolute Gasteiger partial charge is 0.494 e. The van der Waals surface area contributed by atoms with Crippen LogP contribution in [0.15, 0.2) is 53.9 Å². The maximum Gasteiger partial charge on any atom is 0.165 e. The number of hydrogen-bond donors (Lipinski definition) is 1. The van der Waals surface area contributed by atoms with Crippen LogP contribution >= 0.6 is 22.9 Å². The highest BCUT2D eigenvalue weighted by Gasteiger charge is 2.19. The Bertz CT molecular complexity index is 1070. The molecule has 0 fully saturated rings. The SMILES string of the molecule is COc1ccccc1-n1nnc(-c2nc(-c3ccccc3Cl)cs2)c1N. The van der Waals surface area contributed by atoms with E-state index in [-0.39, 0.29) is 0 Å². The number of nitrogens with two attached hydrogens (primary N) is 1. The third kappa shape index (κ3) is 2.81. The average Bonchev–Trinajstić information content (AvgIpc) is 3.29. The van der Waals surface area contributed by atoms with E-state index < -0.39 is 0 Å². The molecular formula is C18H14ClN5OS. The van der Waals surface area contributed by atoms with Crippen LogP contribution in [0.2, 0.25) is 5.02 Å². The minimum Gasteiger partial charge on any atom is -0.494 e. The highest BCUT2D eigenvalue weighted by atomic mass is 35.5. The molecule has 0 spiro atoms. The second kappa shape index (κ2) is 6.78. The number of nitrogen functional groups attached to an aromatic ring is 1. The number of rotatable bonds is 4. The molecule has 0 aliphatic rings. The van der Waals surface area contributed by atoms with Gasteiger partial charge in [0.1, 0.15) is 16.4 Å². The fourth-order valence-corrected chi connectivity index (χ4v) is 3.64. The monoisotopic (exact) mass is 383 g/mol. The van der Waals surface area contributed by atoms with E-state index in [2.05, 4.69) is 15.3 Å². The zero-order valence-electron chi connectivity index (χ0n) is 13.8. The summed E-state index contributed by atoms with van der Waals surface area (Å²) < 4.78 is 6.92. The number of para-hydroxylation sites is 2. The summed E-state index contributed by atoms with van der Waals surface area (Å²) in [7, 11) is 1.60. The third-order valence-corrected chi connectivity index (χ3v) is 5.05. The van der Waals surface area contributed by atoms with E-state index in [1.807, 2.05) is 53.9 Å². The minimum absolute atomic E-state index is 0.398. The average molecular weight is 384 g/mol. The van der Waals surface area contributed by atoms with E-state index in [0.29, 0.717) is 33.0 Å². The lowest BCUT2D eigenvalue weighted by Gasteiger charge is -2.08. The van der Waals surface area contributed by atoms with E-state index in [1.54, 1.807) is 11.8 Å². The maximum atomic E-state index is 6.29. The van der Waals surface area contributed by atoms with Gasteiger partial charge in [-0.05, 0) is 18.2 Å². The summed E-state index contributed by atoms with van der Waals surface area (Å²) in [6.07, 6.45) is 0. The highest BCUT2D eigenvalue weighted by molar-refractivity contribution is 7.13. The molecule has 4 rings (SSSR count). The van der Waals surface area contributed by atoms with Gasteiger partial charge in [0.05, 0.1) is 12.8 Å². The number of ether oxygens (including phenoxy) is 1. The van der Waals surface area contributed by atoms with Crippen molar-refractivity contribution < 1.29 is 4.74 Å². The standard InChI is InChI=1S/C18H14ClN5OS/c1-25-15-9-5-4-8-14(15)24-17(20)16(22-23-24)18-21-13(10-26-18)11-6-2-3-7-12(11)19/h2-10H,20H2,1H3. The van der Waals surface area contributed by atoms with Crippen LogP contribution in [0.4, 0.5) is 5.82 Å². The van der Waals surface area contributed by atoms with Crippen molar-refractivity contribution in [1.82, 2.24) is 20.0 Å². The van der Waals surface area contributed by atoms with E-state index >= 15 is 0 Å². The molecular weight excluding hydrogens is 370 g/mol. The highest BCUT2D eigenvalue weighted by Crippen LogP contribution is 2.34. The molecule has 4 aromatic rings. The molecule has 0 bridgehead atoms. The second-order valence-electron chi connectivity index (χ2n) is 5.42. The fraction of sp³-hybridized carbons (Fsp3) is 0.0556. The van der Waals surface area contributed by atoms with Crippen LogP contribution in [-0.4, -0.2) is 27.1 Å². The van der Waals surface area contributed by atoms with Crippen molar-refractivity contribution >= 4 is 28.8 Å². The Labute approximate surface area is 158 Å². The Hall–Kier alpha value is -2.90. The quantitative estimate of drug-likeness (QED) is 0.568. The maximum absolute atomic E-state index is 6.29. The lowest BCUT2D eigenvalue weighted by Crippen LogP contribution is -2.04. The van der Waals surface area contributed by atoms with E-state index in [0.717, 1.165) is 11.3 Å². The molecule has 0 saturated heterocycles. The van der Waals surface area contributed by atoms with Crippen LogP contribution in [0.25, 0.3) is 27.6 Å². The van der Waals surface area contributed by atoms with Gasteiger partial charge in [-0.25, -0.2) is 4.98 Å². The molecule has 0 amide bonds. The van der Waals surface area contributed by atoms with Crippen molar-refractivity contribution in [2.24, 2.45) is 0 Å².